The minimum atomic E-state index is -3.48. The van der Waals surface area contributed by atoms with Crippen molar-refractivity contribution in [1.82, 2.24) is 4.31 Å². The number of sulfonamides is 1. The van der Waals surface area contributed by atoms with Crippen LogP contribution in [0.5, 0.6) is 0 Å². The largest absolute Gasteiger partial charge is 0.330 e. The van der Waals surface area contributed by atoms with Crippen molar-refractivity contribution in [2.75, 3.05) is 20.1 Å². The molecule has 0 aromatic heterocycles. The fraction of sp³-hybridized carbons (Fsp3) is 0.538. The number of non-ortho nitro benzene ring substituents is 1. The number of nitro benzene ring substituents is 1. The number of hydrogen-bond acceptors (Lipinski definition) is 5. The van der Waals surface area contributed by atoms with Crippen molar-refractivity contribution in [3.8, 4) is 0 Å². The van der Waals surface area contributed by atoms with Crippen molar-refractivity contribution in [2.24, 2.45) is 11.1 Å². The van der Waals surface area contributed by atoms with Crippen molar-refractivity contribution < 1.29 is 13.3 Å². The van der Waals surface area contributed by atoms with E-state index in [4.69, 9.17) is 5.73 Å². The molecule has 0 spiro atoms. The van der Waals surface area contributed by atoms with Gasteiger partial charge in [0.15, 0.2) is 0 Å². The first kappa shape index (κ1) is 20.8. The highest BCUT2D eigenvalue weighted by molar-refractivity contribution is 7.88. The third-order valence-electron chi connectivity index (χ3n) is 3.17. The zero-order valence-electron chi connectivity index (χ0n) is 12.9. The van der Waals surface area contributed by atoms with Crippen LogP contribution in [0.1, 0.15) is 19.4 Å². The maximum atomic E-state index is 12.3. The van der Waals surface area contributed by atoms with Crippen LogP contribution in [0.25, 0.3) is 0 Å². The van der Waals surface area contributed by atoms with Crippen molar-refractivity contribution in [3.63, 3.8) is 0 Å². The average molecular weight is 352 g/mol. The molecule has 9 heteroatoms. The van der Waals surface area contributed by atoms with E-state index in [0.29, 0.717) is 18.7 Å². The van der Waals surface area contributed by atoms with Gasteiger partial charge in [-0.1, -0.05) is 26.0 Å². The Hall–Kier alpha value is -1.22. The van der Waals surface area contributed by atoms with Crippen molar-refractivity contribution in [2.45, 2.75) is 19.6 Å². The van der Waals surface area contributed by atoms with Crippen LogP contribution < -0.4 is 5.73 Å². The molecule has 126 valence electrons. The first-order valence-corrected chi connectivity index (χ1v) is 8.06. The summed E-state index contributed by atoms with van der Waals surface area (Å²) < 4.78 is 25.8. The summed E-state index contributed by atoms with van der Waals surface area (Å²) in [7, 11) is -1.97. The summed E-state index contributed by atoms with van der Waals surface area (Å²) in [6.45, 7) is 4.49. The fourth-order valence-corrected chi connectivity index (χ4v) is 3.18. The summed E-state index contributed by atoms with van der Waals surface area (Å²) >= 11 is 0. The molecule has 0 fully saturated rings. The van der Waals surface area contributed by atoms with E-state index in [-0.39, 0.29) is 29.3 Å². The quantitative estimate of drug-likeness (QED) is 0.595. The number of nitro groups is 1. The van der Waals surface area contributed by atoms with Gasteiger partial charge in [-0.3, -0.25) is 10.1 Å². The molecule has 1 aromatic rings. The van der Waals surface area contributed by atoms with Crippen LogP contribution in [-0.4, -0.2) is 37.8 Å². The zero-order chi connectivity index (χ0) is 16.3. The van der Waals surface area contributed by atoms with Gasteiger partial charge in [-0.2, -0.15) is 0 Å². The first-order valence-electron chi connectivity index (χ1n) is 6.45. The normalized spacial score (nSPS) is 12.0. The van der Waals surface area contributed by atoms with Gasteiger partial charge in [0.05, 0.1) is 10.7 Å². The lowest BCUT2D eigenvalue weighted by molar-refractivity contribution is -0.384. The SMILES string of the molecule is CN(CC(C)(C)CN)S(=O)(=O)Cc1ccc([N+](=O)[O-])cc1.Cl. The number of nitrogens with two attached hydrogens (primary N) is 1. The van der Waals surface area contributed by atoms with E-state index in [1.54, 1.807) is 0 Å². The van der Waals surface area contributed by atoms with E-state index in [1.807, 2.05) is 13.8 Å². The highest BCUT2D eigenvalue weighted by Crippen LogP contribution is 2.19. The smallest absolute Gasteiger partial charge is 0.269 e. The molecule has 2 N–H and O–H groups in total. The molecule has 1 rings (SSSR count). The molecule has 0 saturated carbocycles. The molecule has 0 saturated heterocycles. The summed E-state index contributed by atoms with van der Waals surface area (Å²) in [6, 6.07) is 5.51. The number of rotatable bonds is 7. The second-order valence-corrected chi connectivity index (χ2v) is 7.88. The molecular weight excluding hydrogens is 330 g/mol. The van der Waals surface area contributed by atoms with E-state index in [9.17, 15) is 18.5 Å². The summed E-state index contributed by atoms with van der Waals surface area (Å²) in [6.07, 6.45) is 0. The Balaban J connectivity index is 0.00000441. The molecule has 0 unspecified atom stereocenters. The van der Waals surface area contributed by atoms with Gasteiger partial charge in [-0.25, -0.2) is 12.7 Å². The monoisotopic (exact) mass is 351 g/mol. The Labute approximate surface area is 137 Å². The minimum Gasteiger partial charge on any atom is -0.330 e. The van der Waals surface area contributed by atoms with Gasteiger partial charge in [0, 0.05) is 25.7 Å². The summed E-state index contributed by atoms with van der Waals surface area (Å²) in [4.78, 5) is 10.0. The number of hydrogen-bond donors (Lipinski definition) is 1. The maximum absolute atomic E-state index is 12.3. The van der Waals surface area contributed by atoms with Crippen molar-refractivity contribution in [1.29, 1.82) is 0 Å². The van der Waals surface area contributed by atoms with Gasteiger partial charge < -0.3 is 5.73 Å². The van der Waals surface area contributed by atoms with E-state index >= 15 is 0 Å². The molecule has 22 heavy (non-hydrogen) atoms. The summed E-state index contributed by atoms with van der Waals surface area (Å²) in [5.74, 6) is -0.192. The van der Waals surface area contributed by atoms with Crippen LogP contribution in [0.2, 0.25) is 0 Å². The standard InChI is InChI=1S/C13H21N3O4S.ClH/c1-13(2,9-14)10-15(3)21(19,20)8-11-4-6-12(7-5-11)16(17)18;/h4-7H,8-10,14H2,1-3H3;1H. The molecule has 7 nitrogen and oxygen atoms in total. The maximum Gasteiger partial charge on any atom is 0.269 e. The van der Waals surface area contributed by atoms with Gasteiger partial charge in [0.2, 0.25) is 10.0 Å². The zero-order valence-corrected chi connectivity index (χ0v) is 14.5. The van der Waals surface area contributed by atoms with Gasteiger partial charge in [-0.05, 0) is 17.5 Å². The second kappa shape index (κ2) is 7.87. The predicted octanol–water partition coefficient (Wildman–Crippen LogP) is 1.76. The fourth-order valence-electron chi connectivity index (χ4n) is 1.80. The van der Waals surface area contributed by atoms with E-state index < -0.39 is 14.9 Å². The molecule has 1 aromatic carbocycles. The molecule has 0 aliphatic carbocycles. The highest BCUT2D eigenvalue weighted by atomic mass is 35.5. The lowest BCUT2D eigenvalue weighted by Gasteiger charge is -2.28. The van der Waals surface area contributed by atoms with Crippen LogP contribution in [-0.2, 0) is 15.8 Å². The summed E-state index contributed by atoms with van der Waals surface area (Å²) in [5, 5.41) is 10.6. The Bertz CT molecular complexity index is 602. The van der Waals surface area contributed by atoms with Gasteiger partial charge in [0.1, 0.15) is 0 Å². The summed E-state index contributed by atoms with van der Waals surface area (Å²) in [5.41, 5.74) is 5.75. The van der Waals surface area contributed by atoms with Crippen LogP contribution in [0, 0.1) is 15.5 Å². The lowest BCUT2D eigenvalue weighted by Crippen LogP contribution is -2.40. The van der Waals surface area contributed by atoms with E-state index in [1.165, 1.54) is 35.6 Å². The number of halogens is 1. The molecule has 0 aliphatic heterocycles. The Morgan fingerprint density at radius 2 is 1.77 bits per heavy atom. The van der Waals surface area contributed by atoms with Gasteiger partial charge in [0.25, 0.3) is 5.69 Å². The first-order chi connectivity index (χ1) is 9.57. The van der Waals surface area contributed by atoms with Gasteiger partial charge >= 0.3 is 0 Å². The van der Waals surface area contributed by atoms with Crippen LogP contribution in [0.3, 0.4) is 0 Å². The topological polar surface area (TPSA) is 107 Å². The minimum absolute atomic E-state index is 0. The van der Waals surface area contributed by atoms with Crippen LogP contribution in [0.15, 0.2) is 24.3 Å². The molecule has 0 amide bonds. The number of benzene rings is 1. The molecule has 0 atom stereocenters. The molecular formula is C13H22ClN3O4S. The predicted molar refractivity (Wildman–Crippen MR) is 88.4 cm³/mol. The molecule has 0 radical (unpaired) electrons. The Kier molecular flexibility index (Phi) is 7.43. The van der Waals surface area contributed by atoms with Crippen LogP contribution in [0.4, 0.5) is 5.69 Å². The van der Waals surface area contributed by atoms with Crippen molar-refractivity contribution in [3.05, 3.63) is 39.9 Å². The highest BCUT2D eigenvalue weighted by Gasteiger charge is 2.26. The Morgan fingerprint density at radius 1 is 1.27 bits per heavy atom. The lowest BCUT2D eigenvalue weighted by atomic mass is 9.94. The van der Waals surface area contributed by atoms with Crippen LogP contribution >= 0.6 is 12.4 Å². The van der Waals surface area contributed by atoms with Gasteiger partial charge in [-0.15, -0.1) is 12.4 Å². The number of nitrogens with zero attached hydrogens (tertiary/aromatic N) is 2. The third-order valence-corrected chi connectivity index (χ3v) is 4.95. The third kappa shape index (κ3) is 5.88. The molecule has 0 heterocycles. The van der Waals surface area contributed by atoms with Crippen molar-refractivity contribution >= 4 is 28.1 Å². The second-order valence-electron chi connectivity index (χ2n) is 5.80. The molecule has 0 bridgehead atoms. The van der Waals surface area contributed by atoms with E-state index in [2.05, 4.69) is 0 Å². The molecule has 0 aliphatic rings. The average Bonchev–Trinajstić information content (AvgIpc) is 2.38. The Morgan fingerprint density at radius 3 is 2.18 bits per heavy atom. The van der Waals surface area contributed by atoms with E-state index in [0.717, 1.165) is 0 Å².